The normalized spacial score (nSPS) is 10.9. The van der Waals surface area contributed by atoms with Crippen molar-refractivity contribution in [3.8, 4) is 16.9 Å². The minimum absolute atomic E-state index is 0.388. The lowest BCUT2D eigenvalue weighted by molar-refractivity contribution is 0.305. The van der Waals surface area contributed by atoms with Crippen molar-refractivity contribution in [3.63, 3.8) is 0 Å². The van der Waals surface area contributed by atoms with Crippen LogP contribution in [0.5, 0.6) is 5.75 Å². The number of aryl methyl sites for hydroxylation is 1. The van der Waals surface area contributed by atoms with E-state index in [1.165, 1.54) is 5.56 Å². The number of rotatable bonds is 4. The summed E-state index contributed by atoms with van der Waals surface area (Å²) in [4.78, 5) is 12.4. The van der Waals surface area contributed by atoms with Crippen LogP contribution in [-0.2, 0) is 6.61 Å². The second-order valence-electron chi connectivity index (χ2n) is 6.37. The predicted octanol–water partition coefficient (Wildman–Crippen LogP) is 6.00. The van der Waals surface area contributed by atoms with Crippen LogP contribution in [0.25, 0.3) is 22.1 Å². The van der Waals surface area contributed by atoms with Crippen molar-refractivity contribution in [1.29, 1.82) is 0 Å². The van der Waals surface area contributed by atoms with E-state index in [1.807, 2.05) is 36.4 Å². The van der Waals surface area contributed by atoms with Crippen LogP contribution in [-0.4, -0.2) is 0 Å². The minimum Gasteiger partial charge on any atom is -0.489 e. The molecule has 134 valence electrons. The molecule has 27 heavy (non-hydrogen) atoms. The highest BCUT2D eigenvalue weighted by atomic mass is 35.5. The number of benzene rings is 3. The number of halogens is 1. The summed E-state index contributed by atoms with van der Waals surface area (Å²) in [5.74, 6) is 0.660. The quantitative estimate of drug-likeness (QED) is 0.410. The molecule has 0 saturated heterocycles. The van der Waals surface area contributed by atoms with Crippen LogP contribution < -0.4 is 10.4 Å². The van der Waals surface area contributed by atoms with Gasteiger partial charge in [0.1, 0.15) is 17.9 Å². The van der Waals surface area contributed by atoms with Crippen molar-refractivity contribution in [2.45, 2.75) is 13.5 Å². The lowest BCUT2D eigenvalue weighted by Crippen LogP contribution is -2.03. The van der Waals surface area contributed by atoms with E-state index in [0.29, 0.717) is 28.5 Å². The van der Waals surface area contributed by atoms with E-state index in [0.717, 1.165) is 16.5 Å². The van der Waals surface area contributed by atoms with Gasteiger partial charge in [-0.05, 0) is 53.9 Å². The molecule has 0 radical (unpaired) electrons. The monoisotopic (exact) mass is 376 g/mol. The maximum Gasteiger partial charge on any atom is 0.344 e. The zero-order valence-corrected chi connectivity index (χ0v) is 15.5. The lowest BCUT2D eigenvalue weighted by Gasteiger charge is -2.09. The molecule has 0 bridgehead atoms. The summed E-state index contributed by atoms with van der Waals surface area (Å²) < 4.78 is 11.4. The standard InChI is InChI=1S/C23H17ClO3/c1-15-4-2-3-5-18(15)14-26-20-11-8-17-12-21(23(25)27-22(17)13-20)16-6-9-19(24)10-7-16/h2-13H,14H2,1H3. The zero-order chi connectivity index (χ0) is 18.8. The highest BCUT2D eigenvalue weighted by molar-refractivity contribution is 6.30. The Morgan fingerprint density at radius 3 is 2.52 bits per heavy atom. The van der Waals surface area contributed by atoms with Gasteiger partial charge in [-0.3, -0.25) is 0 Å². The first-order chi connectivity index (χ1) is 13.1. The second-order valence-corrected chi connectivity index (χ2v) is 6.81. The Bertz CT molecular complexity index is 1160. The molecule has 0 aliphatic heterocycles. The molecule has 0 N–H and O–H groups in total. The SMILES string of the molecule is Cc1ccccc1COc1ccc2cc(-c3ccc(Cl)cc3)c(=O)oc2c1. The fraction of sp³-hybridized carbons (Fsp3) is 0.0870. The molecule has 4 aromatic rings. The molecule has 0 saturated carbocycles. The fourth-order valence-corrected chi connectivity index (χ4v) is 3.07. The van der Waals surface area contributed by atoms with E-state index in [-0.39, 0.29) is 5.63 Å². The van der Waals surface area contributed by atoms with Gasteiger partial charge < -0.3 is 9.15 Å². The van der Waals surface area contributed by atoms with Crippen molar-refractivity contribution in [1.82, 2.24) is 0 Å². The average Bonchev–Trinajstić information content (AvgIpc) is 2.67. The molecule has 0 atom stereocenters. The second kappa shape index (κ2) is 7.29. The van der Waals surface area contributed by atoms with Crippen LogP contribution in [0.2, 0.25) is 5.02 Å². The highest BCUT2D eigenvalue weighted by Gasteiger charge is 2.09. The molecule has 4 rings (SSSR count). The molecule has 4 heteroatoms. The Balaban J connectivity index is 1.63. The number of fused-ring (bicyclic) bond motifs is 1. The summed E-state index contributed by atoms with van der Waals surface area (Å²) in [6, 6.07) is 22.6. The summed E-state index contributed by atoms with van der Waals surface area (Å²) in [7, 11) is 0. The first-order valence-electron chi connectivity index (χ1n) is 8.61. The highest BCUT2D eigenvalue weighted by Crippen LogP contribution is 2.26. The Kier molecular flexibility index (Phi) is 4.69. The van der Waals surface area contributed by atoms with Crippen molar-refractivity contribution >= 4 is 22.6 Å². The lowest BCUT2D eigenvalue weighted by atomic mass is 10.1. The maximum atomic E-state index is 12.4. The average molecular weight is 377 g/mol. The van der Waals surface area contributed by atoms with Crippen molar-refractivity contribution in [2.24, 2.45) is 0 Å². The number of hydrogen-bond donors (Lipinski definition) is 0. The summed E-state index contributed by atoms with van der Waals surface area (Å²) in [6.07, 6.45) is 0. The van der Waals surface area contributed by atoms with E-state index in [1.54, 1.807) is 30.3 Å². The molecule has 0 amide bonds. The van der Waals surface area contributed by atoms with E-state index in [9.17, 15) is 4.79 Å². The van der Waals surface area contributed by atoms with Crippen LogP contribution in [0.4, 0.5) is 0 Å². The Morgan fingerprint density at radius 1 is 0.963 bits per heavy atom. The van der Waals surface area contributed by atoms with E-state index >= 15 is 0 Å². The summed E-state index contributed by atoms with van der Waals surface area (Å²) in [5, 5.41) is 1.46. The molecule has 0 aliphatic carbocycles. The van der Waals surface area contributed by atoms with Gasteiger partial charge in [-0.15, -0.1) is 0 Å². The van der Waals surface area contributed by atoms with Crippen molar-refractivity contribution < 1.29 is 9.15 Å². The van der Waals surface area contributed by atoms with E-state index in [2.05, 4.69) is 13.0 Å². The topological polar surface area (TPSA) is 39.4 Å². The molecule has 1 heterocycles. The summed E-state index contributed by atoms with van der Waals surface area (Å²) in [5.41, 5.74) is 3.69. The van der Waals surface area contributed by atoms with E-state index in [4.69, 9.17) is 20.8 Å². The molecular formula is C23H17ClO3. The van der Waals surface area contributed by atoms with Gasteiger partial charge in [0.25, 0.3) is 0 Å². The van der Waals surface area contributed by atoms with Crippen LogP contribution in [0.1, 0.15) is 11.1 Å². The Hall–Kier alpha value is -3.04. The van der Waals surface area contributed by atoms with E-state index < -0.39 is 0 Å². The van der Waals surface area contributed by atoms with Crippen molar-refractivity contribution in [3.05, 3.63) is 99.4 Å². The minimum atomic E-state index is -0.388. The first-order valence-corrected chi connectivity index (χ1v) is 8.99. The van der Waals surface area contributed by atoms with Gasteiger partial charge in [0.2, 0.25) is 0 Å². The fourth-order valence-electron chi connectivity index (χ4n) is 2.95. The molecular weight excluding hydrogens is 360 g/mol. The van der Waals surface area contributed by atoms with Crippen LogP contribution in [0, 0.1) is 6.92 Å². The first kappa shape index (κ1) is 17.4. The van der Waals surface area contributed by atoms with Crippen LogP contribution in [0.3, 0.4) is 0 Å². The molecule has 0 spiro atoms. The molecule has 3 aromatic carbocycles. The summed E-state index contributed by atoms with van der Waals surface area (Å²) >= 11 is 5.92. The third-order valence-corrected chi connectivity index (χ3v) is 4.77. The largest absolute Gasteiger partial charge is 0.489 e. The van der Waals surface area contributed by atoms with Crippen molar-refractivity contribution in [2.75, 3.05) is 0 Å². The van der Waals surface area contributed by atoms with Gasteiger partial charge >= 0.3 is 5.63 Å². The van der Waals surface area contributed by atoms with Crippen LogP contribution >= 0.6 is 11.6 Å². The van der Waals surface area contributed by atoms with Gasteiger partial charge in [-0.2, -0.15) is 0 Å². The number of hydrogen-bond acceptors (Lipinski definition) is 3. The Morgan fingerprint density at radius 2 is 1.74 bits per heavy atom. The number of ether oxygens (including phenoxy) is 1. The van der Waals surface area contributed by atoms with Gasteiger partial charge in [0, 0.05) is 16.5 Å². The smallest absolute Gasteiger partial charge is 0.344 e. The maximum absolute atomic E-state index is 12.4. The van der Waals surface area contributed by atoms with Gasteiger partial charge in [0.05, 0.1) is 5.56 Å². The van der Waals surface area contributed by atoms with Gasteiger partial charge in [-0.25, -0.2) is 4.79 Å². The Labute approximate surface area is 161 Å². The van der Waals surface area contributed by atoms with Gasteiger partial charge in [-0.1, -0.05) is 48.0 Å². The van der Waals surface area contributed by atoms with Crippen LogP contribution in [0.15, 0.2) is 82.0 Å². The summed E-state index contributed by atoms with van der Waals surface area (Å²) in [6.45, 7) is 2.52. The molecule has 0 fully saturated rings. The molecule has 0 unspecified atom stereocenters. The van der Waals surface area contributed by atoms with Gasteiger partial charge in [0.15, 0.2) is 0 Å². The molecule has 0 aliphatic rings. The predicted molar refractivity (Wildman–Crippen MR) is 108 cm³/mol. The zero-order valence-electron chi connectivity index (χ0n) is 14.7. The molecule has 1 aromatic heterocycles. The third-order valence-electron chi connectivity index (χ3n) is 4.52. The molecule has 3 nitrogen and oxygen atoms in total. The third kappa shape index (κ3) is 3.74.